The minimum atomic E-state index is -0.416. The Labute approximate surface area is 92.7 Å². The van der Waals surface area contributed by atoms with Crippen molar-refractivity contribution in [2.24, 2.45) is 5.73 Å². The standard InChI is InChI=1S/C11H11N5/c12-6-8-10(15-16-11(8)14)9(13)7-4-2-1-3-5-7/h1-5,9H,13H2,(H3,14,15,16). The highest BCUT2D eigenvalue weighted by Gasteiger charge is 2.17. The van der Waals surface area contributed by atoms with Crippen molar-refractivity contribution in [3.05, 3.63) is 47.2 Å². The number of benzene rings is 1. The van der Waals surface area contributed by atoms with Crippen molar-refractivity contribution in [1.29, 1.82) is 5.26 Å². The van der Waals surface area contributed by atoms with Gasteiger partial charge in [-0.3, -0.25) is 5.10 Å². The number of nitriles is 1. The molecule has 0 fully saturated rings. The maximum Gasteiger partial charge on any atom is 0.163 e. The molecule has 16 heavy (non-hydrogen) atoms. The predicted octanol–water partition coefficient (Wildman–Crippen LogP) is 0.912. The zero-order valence-electron chi connectivity index (χ0n) is 8.51. The first-order valence-electron chi connectivity index (χ1n) is 4.78. The molecule has 0 spiro atoms. The number of hydrogen-bond acceptors (Lipinski definition) is 4. The number of H-pyrrole nitrogens is 1. The molecule has 5 nitrogen and oxygen atoms in total. The molecule has 5 N–H and O–H groups in total. The van der Waals surface area contributed by atoms with Gasteiger partial charge in [0, 0.05) is 0 Å². The minimum Gasteiger partial charge on any atom is -0.381 e. The molecule has 0 aliphatic rings. The smallest absolute Gasteiger partial charge is 0.163 e. The second kappa shape index (κ2) is 4.04. The quantitative estimate of drug-likeness (QED) is 0.689. The van der Waals surface area contributed by atoms with Gasteiger partial charge in [0.2, 0.25) is 0 Å². The van der Waals surface area contributed by atoms with E-state index in [0.717, 1.165) is 5.56 Å². The molecule has 1 heterocycles. The van der Waals surface area contributed by atoms with Gasteiger partial charge in [0.1, 0.15) is 11.6 Å². The Morgan fingerprint density at radius 2 is 2.00 bits per heavy atom. The topological polar surface area (TPSA) is 105 Å². The fourth-order valence-corrected chi connectivity index (χ4v) is 1.54. The van der Waals surface area contributed by atoms with Crippen molar-refractivity contribution in [2.75, 3.05) is 5.73 Å². The first-order chi connectivity index (χ1) is 7.74. The molecule has 0 bridgehead atoms. The summed E-state index contributed by atoms with van der Waals surface area (Å²) < 4.78 is 0. The van der Waals surface area contributed by atoms with Crippen LogP contribution in [0.25, 0.3) is 0 Å². The monoisotopic (exact) mass is 213 g/mol. The molecular weight excluding hydrogens is 202 g/mol. The van der Waals surface area contributed by atoms with E-state index >= 15 is 0 Å². The van der Waals surface area contributed by atoms with Crippen LogP contribution in [0.2, 0.25) is 0 Å². The summed E-state index contributed by atoms with van der Waals surface area (Å²) in [7, 11) is 0. The van der Waals surface area contributed by atoms with Crippen LogP contribution >= 0.6 is 0 Å². The summed E-state index contributed by atoms with van der Waals surface area (Å²) >= 11 is 0. The summed E-state index contributed by atoms with van der Waals surface area (Å²) in [6.07, 6.45) is 0. The Kier molecular flexibility index (Phi) is 2.58. The highest BCUT2D eigenvalue weighted by atomic mass is 15.2. The van der Waals surface area contributed by atoms with Crippen molar-refractivity contribution >= 4 is 5.82 Å². The lowest BCUT2D eigenvalue weighted by atomic mass is 10.0. The average Bonchev–Trinajstić information content (AvgIpc) is 2.70. The number of aromatic nitrogens is 2. The molecule has 0 radical (unpaired) electrons. The zero-order valence-corrected chi connectivity index (χ0v) is 8.51. The van der Waals surface area contributed by atoms with Crippen molar-refractivity contribution in [1.82, 2.24) is 10.2 Å². The lowest BCUT2D eigenvalue weighted by Gasteiger charge is -2.09. The molecule has 80 valence electrons. The van der Waals surface area contributed by atoms with Gasteiger partial charge in [-0.25, -0.2) is 0 Å². The SMILES string of the molecule is N#Cc1c(N)n[nH]c1C(N)c1ccccc1. The maximum absolute atomic E-state index is 8.94. The third-order valence-corrected chi connectivity index (χ3v) is 2.40. The predicted molar refractivity (Wildman–Crippen MR) is 60.2 cm³/mol. The number of nitrogens with zero attached hydrogens (tertiary/aromatic N) is 2. The van der Waals surface area contributed by atoms with Gasteiger partial charge in [0.15, 0.2) is 5.82 Å². The number of nitrogen functional groups attached to an aromatic ring is 1. The molecule has 2 aromatic rings. The van der Waals surface area contributed by atoms with Crippen LogP contribution < -0.4 is 11.5 Å². The van der Waals surface area contributed by atoms with Crippen LogP contribution in [0.15, 0.2) is 30.3 Å². The molecule has 0 saturated heterocycles. The third kappa shape index (κ3) is 1.62. The molecular formula is C11H11N5. The van der Waals surface area contributed by atoms with E-state index in [2.05, 4.69) is 10.2 Å². The number of hydrogen-bond donors (Lipinski definition) is 3. The van der Waals surface area contributed by atoms with Crippen LogP contribution in [-0.2, 0) is 0 Å². The molecule has 1 aromatic carbocycles. The van der Waals surface area contributed by atoms with Gasteiger partial charge in [0.25, 0.3) is 0 Å². The first-order valence-corrected chi connectivity index (χ1v) is 4.78. The summed E-state index contributed by atoms with van der Waals surface area (Å²) in [6, 6.07) is 11.0. The van der Waals surface area contributed by atoms with E-state index in [1.54, 1.807) is 0 Å². The summed E-state index contributed by atoms with van der Waals surface area (Å²) in [6.45, 7) is 0. The van der Waals surface area contributed by atoms with E-state index in [-0.39, 0.29) is 5.82 Å². The zero-order chi connectivity index (χ0) is 11.5. The largest absolute Gasteiger partial charge is 0.381 e. The molecule has 0 amide bonds. The van der Waals surface area contributed by atoms with Gasteiger partial charge in [-0.05, 0) is 5.56 Å². The first kappa shape index (κ1) is 10.2. The molecule has 1 aromatic heterocycles. The fraction of sp³-hybridized carbons (Fsp3) is 0.0909. The summed E-state index contributed by atoms with van der Waals surface area (Å²) in [4.78, 5) is 0. The Bertz CT molecular complexity index is 523. The minimum absolute atomic E-state index is 0.184. The Morgan fingerprint density at radius 3 is 2.62 bits per heavy atom. The van der Waals surface area contributed by atoms with E-state index in [0.29, 0.717) is 11.3 Å². The van der Waals surface area contributed by atoms with Gasteiger partial charge in [-0.1, -0.05) is 30.3 Å². The van der Waals surface area contributed by atoms with E-state index in [9.17, 15) is 0 Å². The van der Waals surface area contributed by atoms with Crippen LogP contribution in [0.3, 0.4) is 0 Å². The van der Waals surface area contributed by atoms with Crippen LogP contribution in [0.5, 0.6) is 0 Å². The molecule has 1 atom stereocenters. The van der Waals surface area contributed by atoms with Gasteiger partial charge < -0.3 is 11.5 Å². The Morgan fingerprint density at radius 1 is 1.31 bits per heavy atom. The molecule has 5 heteroatoms. The molecule has 2 rings (SSSR count). The van der Waals surface area contributed by atoms with E-state index in [4.69, 9.17) is 16.7 Å². The van der Waals surface area contributed by atoms with Gasteiger partial charge in [-0.15, -0.1) is 0 Å². The third-order valence-electron chi connectivity index (χ3n) is 2.40. The van der Waals surface area contributed by atoms with Crippen LogP contribution in [0.1, 0.15) is 22.9 Å². The number of nitrogens with two attached hydrogens (primary N) is 2. The van der Waals surface area contributed by atoms with Crippen LogP contribution in [0.4, 0.5) is 5.82 Å². The van der Waals surface area contributed by atoms with E-state index < -0.39 is 6.04 Å². The fourth-order valence-electron chi connectivity index (χ4n) is 1.54. The van der Waals surface area contributed by atoms with Crippen molar-refractivity contribution in [2.45, 2.75) is 6.04 Å². The molecule has 0 saturated carbocycles. The highest BCUT2D eigenvalue weighted by molar-refractivity contribution is 5.53. The molecule has 0 aliphatic heterocycles. The number of rotatable bonds is 2. The number of anilines is 1. The van der Waals surface area contributed by atoms with E-state index in [1.807, 2.05) is 36.4 Å². The number of aromatic amines is 1. The second-order valence-corrected chi connectivity index (χ2v) is 3.40. The van der Waals surface area contributed by atoms with Gasteiger partial charge in [0.05, 0.1) is 11.7 Å². The summed E-state index contributed by atoms with van der Waals surface area (Å²) in [5.41, 5.74) is 13.3. The Balaban J connectivity index is 2.43. The van der Waals surface area contributed by atoms with Crippen LogP contribution in [-0.4, -0.2) is 10.2 Å². The van der Waals surface area contributed by atoms with Crippen molar-refractivity contribution < 1.29 is 0 Å². The second-order valence-electron chi connectivity index (χ2n) is 3.40. The molecule has 0 aliphatic carbocycles. The lowest BCUT2D eigenvalue weighted by Crippen LogP contribution is -2.13. The van der Waals surface area contributed by atoms with Gasteiger partial charge in [-0.2, -0.15) is 10.4 Å². The normalized spacial score (nSPS) is 12.0. The van der Waals surface area contributed by atoms with E-state index in [1.165, 1.54) is 0 Å². The lowest BCUT2D eigenvalue weighted by molar-refractivity contribution is 0.814. The molecule has 1 unspecified atom stereocenters. The number of nitrogens with one attached hydrogen (secondary N) is 1. The van der Waals surface area contributed by atoms with Gasteiger partial charge >= 0.3 is 0 Å². The maximum atomic E-state index is 8.94. The Hall–Kier alpha value is -2.32. The highest BCUT2D eigenvalue weighted by Crippen LogP contribution is 2.23. The van der Waals surface area contributed by atoms with Crippen LogP contribution in [0, 0.1) is 11.3 Å². The summed E-state index contributed by atoms with van der Waals surface area (Å²) in [5, 5.41) is 15.4. The van der Waals surface area contributed by atoms with Crippen molar-refractivity contribution in [3.8, 4) is 6.07 Å². The summed E-state index contributed by atoms with van der Waals surface area (Å²) in [5.74, 6) is 0.184. The average molecular weight is 213 g/mol. The van der Waals surface area contributed by atoms with Crippen molar-refractivity contribution in [3.63, 3.8) is 0 Å².